The van der Waals surface area contributed by atoms with Gasteiger partial charge in [-0.3, -0.25) is 0 Å². The molecule has 0 atom stereocenters. The predicted octanol–water partition coefficient (Wildman–Crippen LogP) is 4.47. The first kappa shape index (κ1) is 22.7. The van der Waals surface area contributed by atoms with Crippen LogP contribution in [0.5, 0.6) is 11.5 Å². The molecule has 31 heavy (non-hydrogen) atoms. The van der Waals surface area contributed by atoms with Crippen molar-refractivity contribution in [2.75, 3.05) is 0 Å². The highest BCUT2D eigenvalue weighted by molar-refractivity contribution is 7.93. The minimum atomic E-state index is -4.15. The van der Waals surface area contributed by atoms with Gasteiger partial charge in [0.05, 0.1) is 22.8 Å². The van der Waals surface area contributed by atoms with Crippen LogP contribution < -0.4 is 9.07 Å². The first-order chi connectivity index (χ1) is 14.9. The zero-order valence-electron chi connectivity index (χ0n) is 16.7. The van der Waals surface area contributed by atoms with Crippen molar-refractivity contribution < 1.29 is 26.9 Å². The molecule has 0 radical (unpaired) electrons. The van der Waals surface area contributed by atoms with Gasteiger partial charge in [-0.25, -0.2) is 4.99 Å². The van der Waals surface area contributed by atoms with E-state index in [0.717, 1.165) is 0 Å². The maximum atomic E-state index is 12.1. The molecule has 0 unspecified atom stereocenters. The molecule has 2 aromatic carbocycles. The van der Waals surface area contributed by atoms with Crippen molar-refractivity contribution in [2.45, 2.75) is 20.3 Å². The summed E-state index contributed by atoms with van der Waals surface area (Å²) in [6.45, 7) is 3.29. The van der Waals surface area contributed by atoms with Crippen LogP contribution in [0.2, 0.25) is 0 Å². The van der Waals surface area contributed by atoms with E-state index in [0.29, 0.717) is 41.5 Å². The average molecular weight is 462 g/mol. The Morgan fingerprint density at radius 1 is 0.968 bits per heavy atom. The Balaban J connectivity index is 1.52. The second-order valence-electron chi connectivity index (χ2n) is 6.14. The third kappa shape index (κ3) is 7.33. The van der Waals surface area contributed by atoms with Crippen molar-refractivity contribution in [3.8, 4) is 11.5 Å². The van der Waals surface area contributed by atoms with E-state index < -0.39 is 10.3 Å². The SMILES string of the molecule is C/C(=N\SOOOc1ccccc1)C1=CCC(/C(C)=N/S(=O)(=O)Oc2ccccc2)=N1. The molecule has 1 aliphatic heterocycles. The van der Waals surface area contributed by atoms with Crippen molar-refractivity contribution in [2.24, 2.45) is 13.8 Å². The van der Waals surface area contributed by atoms with Crippen LogP contribution in [0.1, 0.15) is 20.3 Å². The highest BCUT2D eigenvalue weighted by atomic mass is 32.2. The van der Waals surface area contributed by atoms with Gasteiger partial charge in [0.2, 0.25) is 0 Å². The van der Waals surface area contributed by atoms with Gasteiger partial charge in [-0.05, 0) is 38.1 Å². The smallest absolute Gasteiger partial charge is 0.366 e. The highest BCUT2D eigenvalue weighted by Gasteiger charge is 2.18. The number of rotatable bonds is 10. The average Bonchev–Trinajstić information content (AvgIpc) is 3.25. The zero-order chi connectivity index (χ0) is 22.1. The van der Waals surface area contributed by atoms with E-state index in [1.807, 2.05) is 6.07 Å². The molecule has 0 bridgehead atoms. The summed E-state index contributed by atoms with van der Waals surface area (Å²) in [5.41, 5.74) is 1.86. The molecular weight excluding hydrogens is 442 g/mol. The summed E-state index contributed by atoms with van der Waals surface area (Å²) < 4.78 is 41.8. The molecule has 2 aromatic rings. The van der Waals surface area contributed by atoms with Crippen LogP contribution in [-0.4, -0.2) is 25.6 Å². The lowest BCUT2D eigenvalue weighted by molar-refractivity contribution is -0.403. The van der Waals surface area contributed by atoms with Crippen molar-refractivity contribution in [1.29, 1.82) is 0 Å². The Hall–Kier alpha value is -2.99. The Morgan fingerprint density at radius 3 is 2.29 bits per heavy atom. The number of benzene rings is 2. The number of nitrogens with zero attached hydrogens (tertiary/aromatic N) is 3. The summed E-state index contributed by atoms with van der Waals surface area (Å²) in [4.78, 5) is 9.29. The molecule has 0 N–H and O–H groups in total. The fraction of sp³-hybridized carbons (Fsp3) is 0.150. The second-order valence-corrected chi connectivity index (χ2v) is 7.81. The summed E-state index contributed by atoms with van der Waals surface area (Å²) in [6, 6.07) is 17.0. The van der Waals surface area contributed by atoms with Gasteiger partial charge < -0.3 is 9.07 Å². The van der Waals surface area contributed by atoms with Gasteiger partial charge >= 0.3 is 10.3 Å². The lowest BCUT2D eigenvalue weighted by atomic mass is 10.2. The third-order valence-corrected chi connectivity index (χ3v) is 5.20. The van der Waals surface area contributed by atoms with Gasteiger partial charge in [-0.2, -0.15) is 12.8 Å². The summed E-state index contributed by atoms with van der Waals surface area (Å²) in [6.07, 6.45) is 2.22. The Morgan fingerprint density at radius 2 is 1.61 bits per heavy atom. The summed E-state index contributed by atoms with van der Waals surface area (Å²) in [5, 5.41) is 4.60. The minimum absolute atomic E-state index is 0.185. The fourth-order valence-corrected chi connectivity index (χ4v) is 3.50. The van der Waals surface area contributed by atoms with Crippen LogP contribution >= 0.6 is 12.2 Å². The summed E-state index contributed by atoms with van der Waals surface area (Å²) in [7, 11) is -4.15. The number of hydrogen-bond donors (Lipinski definition) is 0. The molecule has 9 nitrogen and oxygen atoms in total. The molecule has 0 spiro atoms. The standard InChI is InChI=1S/C20H19N3O6S2/c1-15(22-30-29-28-26-17-9-5-3-6-10-17)19-13-14-20(21-19)16(2)23-31(24,25)27-18-11-7-4-8-12-18/h3-13H,14H2,1-2H3/b22-15+,23-16+. The van der Waals surface area contributed by atoms with Crippen LogP contribution in [0.25, 0.3) is 0 Å². The van der Waals surface area contributed by atoms with Gasteiger partial charge in [0.1, 0.15) is 5.75 Å². The highest BCUT2D eigenvalue weighted by Crippen LogP contribution is 2.18. The molecule has 0 aliphatic carbocycles. The number of aliphatic imine (C=N–C) groups is 1. The van der Waals surface area contributed by atoms with Crippen molar-refractivity contribution in [3.63, 3.8) is 0 Å². The molecule has 0 saturated carbocycles. The van der Waals surface area contributed by atoms with Crippen LogP contribution in [0.4, 0.5) is 0 Å². The van der Waals surface area contributed by atoms with E-state index in [1.54, 1.807) is 62.4 Å². The molecule has 0 aromatic heterocycles. The monoisotopic (exact) mass is 461 g/mol. The van der Waals surface area contributed by atoms with Crippen LogP contribution in [0.15, 0.2) is 86.2 Å². The normalized spacial score (nSPS) is 14.8. The molecular formula is C20H19N3O6S2. The first-order valence-electron chi connectivity index (χ1n) is 9.04. The van der Waals surface area contributed by atoms with Gasteiger partial charge in [0.15, 0.2) is 18.0 Å². The lowest BCUT2D eigenvalue weighted by Gasteiger charge is -2.04. The largest absolute Gasteiger partial charge is 0.428 e. The van der Waals surface area contributed by atoms with E-state index in [4.69, 9.17) is 13.4 Å². The van der Waals surface area contributed by atoms with E-state index >= 15 is 0 Å². The lowest BCUT2D eigenvalue weighted by Crippen LogP contribution is -2.14. The number of para-hydroxylation sites is 2. The first-order valence-corrected chi connectivity index (χ1v) is 11.1. The van der Waals surface area contributed by atoms with Crippen molar-refractivity contribution in [1.82, 2.24) is 0 Å². The van der Waals surface area contributed by atoms with E-state index in [9.17, 15) is 8.42 Å². The molecule has 0 amide bonds. The van der Waals surface area contributed by atoms with Crippen molar-refractivity contribution in [3.05, 3.63) is 72.4 Å². The van der Waals surface area contributed by atoms with Crippen LogP contribution in [-0.2, 0) is 19.7 Å². The zero-order valence-corrected chi connectivity index (χ0v) is 18.3. The molecule has 1 aliphatic rings. The Kier molecular flexibility index (Phi) is 7.95. The van der Waals surface area contributed by atoms with E-state index in [2.05, 4.69) is 18.8 Å². The molecule has 0 fully saturated rings. The van der Waals surface area contributed by atoms with Crippen LogP contribution in [0.3, 0.4) is 0 Å². The predicted molar refractivity (Wildman–Crippen MR) is 119 cm³/mol. The second kappa shape index (κ2) is 10.9. The molecule has 0 saturated heterocycles. The molecule has 3 rings (SSSR count). The minimum Gasteiger partial charge on any atom is -0.366 e. The van der Waals surface area contributed by atoms with E-state index in [-0.39, 0.29) is 11.5 Å². The van der Waals surface area contributed by atoms with Gasteiger partial charge in [-0.1, -0.05) is 46.8 Å². The fourth-order valence-electron chi connectivity index (χ4n) is 2.38. The van der Waals surface area contributed by atoms with Crippen molar-refractivity contribution >= 4 is 39.7 Å². The molecule has 162 valence electrons. The molecule has 11 heteroatoms. The topological polar surface area (TPSA) is 108 Å². The van der Waals surface area contributed by atoms with Crippen LogP contribution in [0, 0.1) is 0 Å². The maximum absolute atomic E-state index is 12.1. The number of hydrogen-bond acceptors (Lipinski definition) is 9. The number of allylic oxidation sites excluding steroid dienone is 2. The third-order valence-electron chi connectivity index (χ3n) is 3.83. The van der Waals surface area contributed by atoms with Gasteiger partial charge in [0, 0.05) is 11.5 Å². The Bertz CT molecular complexity index is 1110. The maximum Gasteiger partial charge on any atom is 0.428 e. The summed E-state index contributed by atoms with van der Waals surface area (Å²) >= 11 is 0.673. The Labute approximate surface area is 184 Å². The summed E-state index contributed by atoms with van der Waals surface area (Å²) in [5.74, 6) is 0.669. The van der Waals surface area contributed by atoms with Gasteiger partial charge in [-0.15, -0.1) is 4.40 Å². The molecule has 1 heterocycles. The van der Waals surface area contributed by atoms with Gasteiger partial charge in [0.25, 0.3) is 0 Å². The quantitative estimate of drug-likeness (QED) is 0.128. The van der Waals surface area contributed by atoms with E-state index in [1.165, 1.54) is 12.1 Å².